The number of fused-ring (bicyclic) bond motifs is 1. The average Bonchev–Trinajstić information content (AvgIpc) is 3.34. The van der Waals surface area contributed by atoms with Crippen LogP contribution in [0.3, 0.4) is 0 Å². The number of carbonyl (C=O) groups is 3. The van der Waals surface area contributed by atoms with E-state index in [9.17, 15) is 22.8 Å². The van der Waals surface area contributed by atoms with Crippen LogP contribution in [-0.4, -0.2) is 63.3 Å². The maximum Gasteiger partial charge on any atom is 0.314 e. The SMILES string of the molecule is CCNC(=O)NCCCC(=O)NC1Cc2ccccc2N(C(=O)c2scc(CN(C)S(=O)(=O)c3ccc(Br)cc3)c2Cl)C1. The molecule has 1 aromatic heterocycles. The first kappa shape index (κ1) is 32.9. The van der Waals surface area contributed by atoms with Gasteiger partial charge in [-0.3, -0.25) is 9.59 Å². The molecular formula is C29H33BrClN5O5S2. The monoisotopic (exact) mass is 709 g/mol. The number of benzene rings is 2. The first-order chi connectivity index (χ1) is 20.5. The minimum absolute atomic E-state index is 0.00869. The van der Waals surface area contributed by atoms with E-state index < -0.39 is 10.0 Å². The van der Waals surface area contributed by atoms with Crippen molar-refractivity contribution in [3.05, 3.63) is 79.4 Å². The summed E-state index contributed by atoms with van der Waals surface area (Å²) in [5.41, 5.74) is 2.18. The molecule has 0 radical (unpaired) electrons. The maximum atomic E-state index is 13.8. The molecule has 230 valence electrons. The van der Waals surface area contributed by atoms with E-state index in [4.69, 9.17) is 11.6 Å². The molecule has 3 aromatic rings. The number of thiophene rings is 1. The molecule has 2 heterocycles. The Kier molecular flexibility index (Phi) is 11.2. The molecule has 0 saturated carbocycles. The molecular weight excluding hydrogens is 678 g/mol. The van der Waals surface area contributed by atoms with Crippen LogP contribution in [0.1, 0.15) is 40.6 Å². The molecule has 1 aliphatic rings. The van der Waals surface area contributed by atoms with Gasteiger partial charge in [0.25, 0.3) is 5.91 Å². The lowest BCUT2D eigenvalue weighted by molar-refractivity contribution is -0.121. The zero-order chi connectivity index (χ0) is 31.1. The zero-order valence-electron chi connectivity index (χ0n) is 23.7. The fraction of sp³-hybridized carbons (Fsp3) is 0.345. The largest absolute Gasteiger partial charge is 0.351 e. The van der Waals surface area contributed by atoms with E-state index >= 15 is 0 Å². The molecule has 4 rings (SSSR count). The number of nitrogens with zero attached hydrogens (tertiary/aromatic N) is 2. The summed E-state index contributed by atoms with van der Waals surface area (Å²) >= 11 is 11.2. The molecule has 10 nitrogen and oxygen atoms in total. The molecule has 0 fully saturated rings. The first-order valence-electron chi connectivity index (χ1n) is 13.7. The van der Waals surface area contributed by atoms with Crippen LogP contribution in [0.5, 0.6) is 0 Å². The number of halogens is 2. The van der Waals surface area contributed by atoms with Gasteiger partial charge in [-0.1, -0.05) is 45.7 Å². The zero-order valence-corrected chi connectivity index (χ0v) is 27.7. The second-order valence-electron chi connectivity index (χ2n) is 10.0. The van der Waals surface area contributed by atoms with Crippen LogP contribution in [0.4, 0.5) is 10.5 Å². The predicted octanol–water partition coefficient (Wildman–Crippen LogP) is 4.77. The van der Waals surface area contributed by atoms with Crippen molar-refractivity contribution in [1.82, 2.24) is 20.3 Å². The summed E-state index contributed by atoms with van der Waals surface area (Å²) in [6.45, 7) is 2.96. The quantitative estimate of drug-likeness (QED) is 0.247. The lowest BCUT2D eigenvalue weighted by Crippen LogP contribution is -2.50. The van der Waals surface area contributed by atoms with Crippen LogP contribution in [0.25, 0.3) is 0 Å². The van der Waals surface area contributed by atoms with E-state index in [0.717, 1.165) is 27.1 Å². The number of amides is 4. The second kappa shape index (κ2) is 14.7. The fourth-order valence-electron chi connectivity index (χ4n) is 4.72. The van der Waals surface area contributed by atoms with Gasteiger partial charge in [0.1, 0.15) is 4.88 Å². The highest BCUT2D eigenvalue weighted by Crippen LogP contribution is 2.35. The van der Waals surface area contributed by atoms with Gasteiger partial charge in [-0.05, 0) is 66.6 Å². The van der Waals surface area contributed by atoms with Gasteiger partial charge in [-0.25, -0.2) is 13.2 Å². The summed E-state index contributed by atoms with van der Waals surface area (Å²) in [4.78, 5) is 40.1. The number of sulfonamides is 1. The van der Waals surface area contributed by atoms with E-state index in [1.165, 1.54) is 23.5 Å². The number of para-hydroxylation sites is 1. The van der Waals surface area contributed by atoms with Crippen LogP contribution in [0.15, 0.2) is 63.3 Å². The summed E-state index contributed by atoms with van der Waals surface area (Å²) < 4.78 is 28.1. The van der Waals surface area contributed by atoms with Crippen molar-refractivity contribution >= 4 is 72.4 Å². The average molecular weight is 711 g/mol. The van der Waals surface area contributed by atoms with Crippen LogP contribution in [0.2, 0.25) is 5.02 Å². The molecule has 0 bridgehead atoms. The van der Waals surface area contributed by atoms with Gasteiger partial charge in [-0.15, -0.1) is 11.3 Å². The number of anilines is 1. The van der Waals surface area contributed by atoms with Crippen molar-refractivity contribution in [1.29, 1.82) is 0 Å². The van der Waals surface area contributed by atoms with Gasteiger partial charge in [0.15, 0.2) is 0 Å². The summed E-state index contributed by atoms with van der Waals surface area (Å²) in [7, 11) is -2.31. The van der Waals surface area contributed by atoms with Crippen LogP contribution in [0, 0.1) is 0 Å². The van der Waals surface area contributed by atoms with Crippen LogP contribution < -0.4 is 20.9 Å². The maximum absolute atomic E-state index is 13.8. The molecule has 1 aliphatic heterocycles. The molecule has 2 aromatic carbocycles. The van der Waals surface area contributed by atoms with Gasteiger partial charge < -0.3 is 20.9 Å². The summed E-state index contributed by atoms with van der Waals surface area (Å²) in [6, 6.07) is 13.3. The second-order valence-corrected chi connectivity index (χ2v) is 14.2. The molecule has 0 aliphatic carbocycles. The van der Waals surface area contributed by atoms with Gasteiger partial charge in [0.05, 0.1) is 16.0 Å². The Morgan fingerprint density at radius 2 is 1.84 bits per heavy atom. The fourth-order valence-corrected chi connectivity index (χ4v) is 7.43. The van der Waals surface area contributed by atoms with E-state index in [1.807, 2.05) is 31.2 Å². The van der Waals surface area contributed by atoms with Gasteiger partial charge in [0, 0.05) is 49.8 Å². The van der Waals surface area contributed by atoms with Crippen molar-refractivity contribution in [2.45, 2.75) is 43.7 Å². The molecule has 14 heteroatoms. The topological polar surface area (TPSA) is 128 Å². The Labute approximate surface area is 269 Å². The lowest BCUT2D eigenvalue weighted by atomic mass is 9.97. The minimum Gasteiger partial charge on any atom is -0.351 e. The van der Waals surface area contributed by atoms with Crippen molar-refractivity contribution < 1.29 is 22.8 Å². The van der Waals surface area contributed by atoms with E-state index in [0.29, 0.717) is 36.4 Å². The number of hydrogen-bond acceptors (Lipinski definition) is 6. The Morgan fingerprint density at radius 1 is 1.12 bits per heavy atom. The standard InChI is InChI=1S/C29H33BrClN5O5S2/c1-3-32-29(39)33-14-6-9-25(37)34-22-15-19-7-4-5-8-24(19)36(17-22)28(38)27-26(31)20(18-42-27)16-35(2)43(40,41)23-12-10-21(30)11-13-23/h4-5,7-8,10-13,18,22H,3,6,9,14-17H2,1-2H3,(H,34,37)(H2,32,33,39). The van der Waals surface area contributed by atoms with E-state index in [1.54, 1.807) is 22.4 Å². The highest BCUT2D eigenvalue weighted by Gasteiger charge is 2.32. The molecule has 4 amide bonds. The summed E-state index contributed by atoms with van der Waals surface area (Å²) in [5, 5.41) is 10.3. The smallest absolute Gasteiger partial charge is 0.314 e. The number of hydrogen-bond donors (Lipinski definition) is 3. The Bertz CT molecular complexity index is 1580. The summed E-state index contributed by atoms with van der Waals surface area (Å²) in [5.74, 6) is -0.488. The van der Waals surface area contributed by atoms with Gasteiger partial charge in [0.2, 0.25) is 15.9 Å². The predicted molar refractivity (Wildman–Crippen MR) is 172 cm³/mol. The summed E-state index contributed by atoms with van der Waals surface area (Å²) in [6.07, 6.45) is 1.27. The third kappa shape index (κ3) is 8.15. The van der Waals surface area contributed by atoms with Gasteiger partial charge in [-0.2, -0.15) is 4.31 Å². The van der Waals surface area contributed by atoms with E-state index in [2.05, 4.69) is 31.9 Å². The third-order valence-electron chi connectivity index (χ3n) is 6.87. The first-order valence-corrected chi connectivity index (χ1v) is 17.2. The van der Waals surface area contributed by atoms with Crippen molar-refractivity contribution in [2.24, 2.45) is 0 Å². The lowest BCUT2D eigenvalue weighted by Gasteiger charge is -2.35. The normalized spacial score (nSPS) is 14.7. The van der Waals surface area contributed by atoms with Crippen LogP contribution in [-0.2, 0) is 27.8 Å². The Morgan fingerprint density at radius 3 is 2.56 bits per heavy atom. The Hall–Kier alpha value is -2.97. The molecule has 0 saturated heterocycles. The van der Waals surface area contributed by atoms with Crippen molar-refractivity contribution in [3.63, 3.8) is 0 Å². The molecule has 1 unspecified atom stereocenters. The highest BCUT2D eigenvalue weighted by atomic mass is 79.9. The number of rotatable bonds is 11. The van der Waals surface area contributed by atoms with Crippen molar-refractivity contribution in [3.8, 4) is 0 Å². The third-order valence-corrected chi connectivity index (χ3v) is 10.8. The molecule has 1 atom stereocenters. The van der Waals surface area contributed by atoms with Crippen LogP contribution >= 0.6 is 38.9 Å². The highest BCUT2D eigenvalue weighted by molar-refractivity contribution is 9.10. The number of nitrogens with one attached hydrogen (secondary N) is 3. The van der Waals surface area contributed by atoms with Crippen molar-refractivity contribution in [2.75, 3.05) is 31.6 Å². The van der Waals surface area contributed by atoms with E-state index in [-0.39, 0.29) is 53.3 Å². The Balaban J connectivity index is 1.44. The van der Waals surface area contributed by atoms with Gasteiger partial charge >= 0.3 is 6.03 Å². The number of urea groups is 1. The number of carbonyl (C=O) groups excluding carboxylic acids is 3. The molecule has 0 spiro atoms. The molecule has 3 N–H and O–H groups in total. The molecule has 43 heavy (non-hydrogen) atoms. The minimum atomic E-state index is -3.78.